The van der Waals surface area contributed by atoms with Gasteiger partial charge >= 0.3 is 11.9 Å². The van der Waals surface area contributed by atoms with Gasteiger partial charge in [-0.15, -0.1) is 0 Å². The van der Waals surface area contributed by atoms with Crippen molar-refractivity contribution in [3.63, 3.8) is 0 Å². The summed E-state index contributed by atoms with van der Waals surface area (Å²) in [5, 5.41) is 16.8. The molecule has 5 aliphatic carbocycles. The highest BCUT2D eigenvalue weighted by Crippen LogP contribution is 2.77. The number of ketones is 1. The van der Waals surface area contributed by atoms with E-state index in [0.717, 1.165) is 64.2 Å². The maximum atomic E-state index is 13.9. The summed E-state index contributed by atoms with van der Waals surface area (Å²) in [4.78, 5) is 38.7. The molecule has 5 fully saturated rings. The fraction of sp³-hybridized carbons (Fsp3) is 0.878. The minimum absolute atomic E-state index is 0.0230. The van der Waals surface area contributed by atoms with Crippen molar-refractivity contribution in [3.8, 4) is 0 Å². The molecule has 0 aromatic rings. The van der Waals surface area contributed by atoms with E-state index in [1.807, 2.05) is 0 Å². The van der Waals surface area contributed by atoms with Gasteiger partial charge in [0.1, 0.15) is 6.10 Å². The molecular formula is C41H66N2O5. The van der Waals surface area contributed by atoms with Crippen LogP contribution in [0.15, 0.2) is 11.1 Å². The molecule has 0 radical (unpaired) electrons. The molecule has 7 nitrogen and oxygen atoms in total. The van der Waals surface area contributed by atoms with E-state index < -0.39 is 11.4 Å². The zero-order valence-corrected chi connectivity index (χ0v) is 31.7. The smallest absolute Gasteiger partial charge is 0.309 e. The lowest BCUT2D eigenvalue weighted by Gasteiger charge is -2.72. The molecule has 0 amide bonds. The van der Waals surface area contributed by atoms with Crippen LogP contribution in [-0.2, 0) is 19.1 Å². The molecule has 0 aromatic carbocycles. The highest BCUT2D eigenvalue weighted by Gasteiger charge is 2.70. The molecule has 3 N–H and O–H groups in total. The lowest BCUT2D eigenvalue weighted by molar-refractivity contribution is -0.233. The fourth-order valence-corrected chi connectivity index (χ4v) is 13.0. The number of allylic oxidation sites excluding steroid dienone is 2. The summed E-state index contributed by atoms with van der Waals surface area (Å²) in [6.45, 7) is 24.4. The Morgan fingerprint density at radius 3 is 2.29 bits per heavy atom. The van der Waals surface area contributed by atoms with Gasteiger partial charge in [-0.2, -0.15) is 0 Å². The van der Waals surface area contributed by atoms with E-state index in [0.29, 0.717) is 30.0 Å². The molecule has 1 aliphatic heterocycles. The number of carbonyl (C=O) groups excluding carboxylic acids is 2. The van der Waals surface area contributed by atoms with Crippen molar-refractivity contribution in [2.75, 3.05) is 26.2 Å². The summed E-state index contributed by atoms with van der Waals surface area (Å²) in [6.07, 6.45) is 10.3. The second-order valence-corrected chi connectivity index (χ2v) is 19.7. The monoisotopic (exact) mass is 666 g/mol. The Labute approximate surface area is 290 Å². The Balaban J connectivity index is 1.25. The maximum Gasteiger partial charge on any atom is 0.309 e. The summed E-state index contributed by atoms with van der Waals surface area (Å²) in [7, 11) is 0. The minimum Gasteiger partial charge on any atom is -0.481 e. The number of nitrogens with one attached hydrogen (secondary N) is 2. The van der Waals surface area contributed by atoms with E-state index in [9.17, 15) is 19.5 Å². The molecule has 270 valence electrons. The van der Waals surface area contributed by atoms with Crippen molar-refractivity contribution in [3.05, 3.63) is 11.1 Å². The summed E-state index contributed by atoms with van der Waals surface area (Å²) < 4.78 is 6.17. The summed E-state index contributed by atoms with van der Waals surface area (Å²) >= 11 is 0. The molecule has 0 aromatic heterocycles. The number of fused-ring (bicyclic) bond motifs is 7. The molecule has 48 heavy (non-hydrogen) atoms. The Morgan fingerprint density at radius 1 is 0.958 bits per heavy atom. The third-order valence-corrected chi connectivity index (χ3v) is 16.0. The Bertz CT molecular complexity index is 1350. The second kappa shape index (κ2) is 12.2. The number of rotatable bonds is 10. The zero-order valence-electron chi connectivity index (χ0n) is 31.7. The first-order valence-corrected chi connectivity index (χ1v) is 19.4. The number of ether oxygens (including phenoxy) is 1. The van der Waals surface area contributed by atoms with Crippen LogP contribution in [-0.4, -0.2) is 55.1 Å². The molecular weight excluding hydrogens is 600 g/mol. The normalized spacial score (nSPS) is 40.8. The van der Waals surface area contributed by atoms with Crippen LogP contribution in [0.5, 0.6) is 0 Å². The van der Waals surface area contributed by atoms with Gasteiger partial charge in [-0.1, -0.05) is 54.0 Å². The number of carbonyl (C=O) groups is 3. The molecule has 6 rings (SSSR count). The molecule has 4 saturated carbocycles. The first-order chi connectivity index (χ1) is 22.3. The van der Waals surface area contributed by atoms with E-state index in [1.165, 1.54) is 31.3 Å². The fourth-order valence-electron chi connectivity index (χ4n) is 13.0. The van der Waals surface area contributed by atoms with E-state index in [2.05, 4.69) is 59.1 Å². The van der Waals surface area contributed by atoms with Gasteiger partial charge < -0.3 is 20.5 Å². The van der Waals surface area contributed by atoms with Gasteiger partial charge in [0.2, 0.25) is 0 Å². The minimum atomic E-state index is -1.14. The Morgan fingerprint density at radius 2 is 1.67 bits per heavy atom. The first-order valence-electron chi connectivity index (χ1n) is 19.4. The van der Waals surface area contributed by atoms with Gasteiger partial charge in [0.15, 0.2) is 5.78 Å². The van der Waals surface area contributed by atoms with Crippen LogP contribution in [0.3, 0.4) is 0 Å². The molecule has 6 aliphatic rings. The Hall–Kier alpha value is -1.73. The standard InChI is InChI=1S/C41H66N2O5/c1-25(2)33-28(44)20-41(18-19-42-22-26-23-43-24-26)17-16-39(8)27(34(33)41)10-11-30-38(7)14-13-31(48-32(45)21-36(3,4)35(46)47)37(5,6)29(38)12-15-40(30,39)9/h25-27,29-31,42-43H,10-24H2,1-9H3,(H,46,47). The van der Waals surface area contributed by atoms with Gasteiger partial charge in [-0.3, -0.25) is 14.4 Å². The van der Waals surface area contributed by atoms with Crippen molar-refractivity contribution in [1.82, 2.24) is 10.6 Å². The molecule has 1 saturated heterocycles. The number of hydrogen-bond acceptors (Lipinski definition) is 6. The molecule has 8 atom stereocenters. The highest BCUT2D eigenvalue weighted by molar-refractivity contribution is 6.00. The molecule has 0 bridgehead atoms. The van der Waals surface area contributed by atoms with Crippen LogP contribution in [0.1, 0.15) is 133 Å². The van der Waals surface area contributed by atoms with Gasteiger partial charge in [-0.25, -0.2) is 0 Å². The van der Waals surface area contributed by atoms with Crippen LogP contribution in [0.25, 0.3) is 0 Å². The summed E-state index contributed by atoms with van der Waals surface area (Å²) in [5.41, 5.74) is 1.93. The summed E-state index contributed by atoms with van der Waals surface area (Å²) in [5.74, 6) is 1.56. The van der Waals surface area contributed by atoms with E-state index in [1.54, 1.807) is 19.4 Å². The lowest BCUT2D eigenvalue weighted by Crippen LogP contribution is -2.65. The van der Waals surface area contributed by atoms with Gasteiger partial charge in [-0.05, 0) is 130 Å². The maximum absolute atomic E-state index is 13.9. The number of carboxylic acid groups (broad SMARTS) is 1. The van der Waals surface area contributed by atoms with Crippen LogP contribution in [0.4, 0.5) is 0 Å². The van der Waals surface area contributed by atoms with Crippen LogP contribution in [0, 0.1) is 62.1 Å². The SMILES string of the molecule is CC(C)C1=C2C3CCC4C5(C)CCC(OC(=O)CC(C)(C)C(=O)O)C(C)(C)C5CCC4(C)C3(C)CCC2(CCNCC2CNC2)CC1=O. The quantitative estimate of drug-likeness (QED) is 0.163. The number of Topliss-reactive ketones (excluding diaryl/α,β-unsaturated/α-hetero) is 1. The van der Waals surface area contributed by atoms with Gasteiger partial charge in [0.05, 0.1) is 11.8 Å². The number of carboxylic acids is 1. The lowest BCUT2D eigenvalue weighted by atomic mass is 9.33. The van der Waals surface area contributed by atoms with Crippen LogP contribution in [0.2, 0.25) is 0 Å². The van der Waals surface area contributed by atoms with Crippen molar-refractivity contribution < 1.29 is 24.2 Å². The summed E-state index contributed by atoms with van der Waals surface area (Å²) in [6, 6.07) is 0. The topological polar surface area (TPSA) is 105 Å². The van der Waals surface area contributed by atoms with Crippen molar-refractivity contribution >= 4 is 17.7 Å². The van der Waals surface area contributed by atoms with Crippen molar-refractivity contribution in [2.45, 2.75) is 139 Å². The third kappa shape index (κ3) is 5.45. The number of esters is 1. The predicted molar refractivity (Wildman–Crippen MR) is 189 cm³/mol. The van der Waals surface area contributed by atoms with E-state index in [-0.39, 0.29) is 51.5 Å². The molecule has 8 unspecified atom stereocenters. The average Bonchev–Trinajstić information content (AvgIpc) is 3.25. The molecule has 0 spiro atoms. The van der Waals surface area contributed by atoms with Crippen LogP contribution >= 0.6 is 0 Å². The van der Waals surface area contributed by atoms with Crippen molar-refractivity contribution in [1.29, 1.82) is 0 Å². The molecule has 7 heteroatoms. The number of aliphatic carboxylic acids is 1. The molecule has 1 heterocycles. The second-order valence-electron chi connectivity index (χ2n) is 19.7. The zero-order chi connectivity index (χ0) is 35.1. The largest absolute Gasteiger partial charge is 0.481 e. The Kier molecular flexibility index (Phi) is 9.17. The third-order valence-electron chi connectivity index (χ3n) is 16.0. The van der Waals surface area contributed by atoms with Gasteiger partial charge in [0, 0.05) is 36.9 Å². The van der Waals surface area contributed by atoms with E-state index in [4.69, 9.17) is 4.74 Å². The van der Waals surface area contributed by atoms with E-state index >= 15 is 0 Å². The number of hydrogen-bond donors (Lipinski definition) is 3. The van der Waals surface area contributed by atoms with Crippen molar-refractivity contribution in [2.24, 2.45) is 62.1 Å². The van der Waals surface area contributed by atoms with Gasteiger partial charge in [0.25, 0.3) is 0 Å². The van der Waals surface area contributed by atoms with Crippen LogP contribution < -0.4 is 10.6 Å². The first kappa shape index (κ1) is 36.1. The average molecular weight is 667 g/mol. The highest BCUT2D eigenvalue weighted by atomic mass is 16.5. The predicted octanol–water partition coefficient (Wildman–Crippen LogP) is 7.58.